The van der Waals surface area contributed by atoms with Crippen molar-refractivity contribution in [1.29, 1.82) is 0 Å². The highest BCUT2D eigenvalue weighted by atomic mass is 16.4. The summed E-state index contributed by atoms with van der Waals surface area (Å²) in [7, 11) is 2.10. The van der Waals surface area contributed by atoms with Gasteiger partial charge in [-0.05, 0) is 62.0 Å². The van der Waals surface area contributed by atoms with Gasteiger partial charge < -0.3 is 4.42 Å². The molecule has 0 bridgehead atoms. The molecule has 0 N–H and O–H groups in total. The van der Waals surface area contributed by atoms with Gasteiger partial charge in [0.05, 0.1) is 24.2 Å². The predicted octanol–water partition coefficient (Wildman–Crippen LogP) is 5.65. The van der Waals surface area contributed by atoms with Crippen molar-refractivity contribution in [3.05, 3.63) is 77.5 Å². The summed E-state index contributed by atoms with van der Waals surface area (Å²) in [5.41, 5.74) is 7.72. The van der Waals surface area contributed by atoms with Gasteiger partial charge in [-0.1, -0.05) is 36.3 Å². The van der Waals surface area contributed by atoms with Crippen molar-refractivity contribution >= 4 is 35.2 Å². The highest BCUT2D eigenvalue weighted by Gasteiger charge is 2.39. The van der Waals surface area contributed by atoms with Crippen LogP contribution >= 0.6 is 0 Å². The van der Waals surface area contributed by atoms with E-state index in [-0.39, 0.29) is 6.85 Å². The minimum atomic E-state index is 0.164. The third-order valence-electron chi connectivity index (χ3n) is 5.97. The quantitative estimate of drug-likeness (QED) is 0.325. The molecule has 4 nitrogen and oxygen atoms in total. The molecule has 0 radical (unpaired) electrons. The van der Waals surface area contributed by atoms with Crippen LogP contribution in [0.1, 0.15) is 23.7 Å². The van der Waals surface area contributed by atoms with Gasteiger partial charge in [0.2, 0.25) is 5.71 Å². The fraction of sp³-hybridized carbons (Fsp3) is 0.200. The molecule has 0 saturated heterocycles. The standard InChI is InChI=1S/C25H25BN3O/c1-16-14-26(4)29(25-23(16)20-12-11-18(3)27-24(20)30-25)22-13-21(17(2)15-28(22)5)19-9-7-6-8-10-19/h6-15H,1-5H3/q+1. The Balaban J connectivity index is 1.75. The summed E-state index contributed by atoms with van der Waals surface area (Å²) in [5, 5.41) is 1.07. The number of hydrogen-bond donors (Lipinski definition) is 0. The zero-order valence-corrected chi connectivity index (χ0v) is 18.1. The molecule has 1 aromatic carbocycles. The first-order valence-electron chi connectivity index (χ1n) is 10.4. The van der Waals surface area contributed by atoms with Crippen LogP contribution in [0.4, 0.5) is 11.7 Å². The number of benzene rings is 1. The molecule has 5 rings (SSSR count). The fourth-order valence-corrected chi connectivity index (χ4v) is 4.57. The Morgan fingerprint density at radius 2 is 1.80 bits per heavy atom. The first kappa shape index (κ1) is 18.7. The lowest BCUT2D eigenvalue weighted by molar-refractivity contribution is -0.658. The van der Waals surface area contributed by atoms with E-state index in [1.54, 1.807) is 0 Å². The van der Waals surface area contributed by atoms with Crippen molar-refractivity contribution in [3.63, 3.8) is 0 Å². The molecule has 0 aliphatic carbocycles. The van der Waals surface area contributed by atoms with Crippen molar-refractivity contribution in [1.82, 2.24) is 4.98 Å². The smallest absolute Gasteiger partial charge is 0.404 e. The lowest BCUT2D eigenvalue weighted by Crippen LogP contribution is -2.44. The molecule has 3 aromatic heterocycles. The summed E-state index contributed by atoms with van der Waals surface area (Å²) in [6, 6.07) is 17.0. The molecule has 0 unspecified atom stereocenters. The zero-order valence-electron chi connectivity index (χ0n) is 18.1. The maximum atomic E-state index is 6.37. The lowest BCUT2D eigenvalue weighted by Gasteiger charge is -2.25. The Kier molecular flexibility index (Phi) is 4.28. The summed E-state index contributed by atoms with van der Waals surface area (Å²) in [6.45, 7) is 8.69. The van der Waals surface area contributed by atoms with Crippen LogP contribution in [-0.2, 0) is 7.05 Å². The Bertz CT molecular complexity index is 1310. The summed E-state index contributed by atoms with van der Waals surface area (Å²) >= 11 is 0. The molecule has 30 heavy (non-hydrogen) atoms. The number of rotatable bonds is 2. The molecule has 0 atom stereocenters. The molecule has 0 fully saturated rings. The van der Waals surface area contributed by atoms with Crippen molar-refractivity contribution < 1.29 is 8.98 Å². The lowest BCUT2D eigenvalue weighted by atomic mass is 9.59. The molecule has 1 aliphatic rings. The second-order valence-corrected chi connectivity index (χ2v) is 8.25. The predicted molar refractivity (Wildman–Crippen MR) is 124 cm³/mol. The largest absolute Gasteiger partial charge is 0.406 e. The Morgan fingerprint density at radius 3 is 2.57 bits per heavy atom. The maximum absolute atomic E-state index is 6.37. The molecule has 4 heterocycles. The van der Waals surface area contributed by atoms with Crippen LogP contribution in [0.25, 0.3) is 27.8 Å². The summed E-state index contributed by atoms with van der Waals surface area (Å²) in [4.78, 5) is 6.93. The topological polar surface area (TPSA) is 33.2 Å². The third kappa shape index (κ3) is 2.85. The summed E-state index contributed by atoms with van der Waals surface area (Å²) in [6.07, 6.45) is 2.19. The van der Waals surface area contributed by atoms with Crippen molar-refractivity contribution in [3.8, 4) is 11.1 Å². The molecule has 0 saturated carbocycles. The number of furan rings is 1. The monoisotopic (exact) mass is 394 g/mol. The van der Waals surface area contributed by atoms with E-state index in [2.05, 4.69) is 96.7 Å². The molecular formula is C25H25BN3O+. The van der Waals surface area contributed by atoms with Crippen LogP contribution in [-0.4, -0.2) is 11.8 Å². The van der Waals surface area contributed by atoms with E-state index in [9.17, 15) is 0 Å². The van der Waals surface area contributed by atoms with Crippen molar-refractivity contribution in [2.45, 2.75) is 27.6 Å². The SMILES string of the molecule is CB1C=C(C)c2c(oc3nc(C)ccc23)N1c1cc(-c2ccccc2)c(C)c[n+]1C. The van der Waals surface area contributed by atoms with Gasteiger partial charge in [0, 0.05) is 11.8 Å². The number of aromatic nitrogens is 2. The minimum absolute atomic E-state index is 0.164. The maximum Gasteiger partial charge on any atom is 0.406 e. The molecular weight excluding hydrogens is 369 g/mol. The second-order valence-electron chi connectivity index (χ2n) is 8.25. The van der Waals surface area contributed by atoms with Crippen LogP contribution < -0.4 is 9.38 Å². The van der Waals surface area contributed by atoms with Gasteiger partial charge in [-0.3, -0.25) is 4.81 Å². The highest BCUT2D eigenvalue weighted by molar-refractivity contribution is 6.70. The van der Waals surface area contributed by atoms with Crippen LogP contribution in [0, 0.1) is 13.8 Å². The molecule has 4 aromatic rings. The van der Waals surface area contributed by atoms with E-state index in [0.29, 0.717) is 5.71 Å². The van der Waals surface area contributed by atoms with E-state index in [0.717, 1.165) is 28.3 Å². The number of hydrogen-bond acceptors (Lipinski definition) is 3. The molecule has 0 spiro atoms. The molecule has 1 aliphatic heterocycles. The van der Waals surface area contributed by atoms with Gasteiger partial charge in [-0.2, -0.15) is 0 Å². The van der Waals surface area contributed by atoms with Crippen LogP contribution in [0.15, 0.2) is 65.1 Å². The van der Waals surface area contributed by atoms with Crippen molar-refractivity contribution in [2.24, 2.45) is 7.05 Å². The number of anilines is 2. The van der Waals surface area contributed by atoms with E-state index in [1.807, 2.05) is 13.0 Å². The number of pyridine rings is 2. The van der Waals surface area contributed by atoms with E-state index < -0.39 is 0 Å². The second kappa shape index (κ2) is 6.87. The average Bonchev–Trinajstić information content (AvgIpc) is 3.08. The minimum Gasteiger partial charge on any atom is -0.404 e. The molecule has 148 valence electrons. The van der Waals surface area contributed by atoms with Crippen LogP contribution in [0.3, 0.4) is 0 Å². The Labute approximate surface area is 177 Å². The number of allylic oxidation sites excluding steroid dienone is 1. The number of nitrogens with zero attached hydrogens (tertiary/aromatic N) is 3. The van der Waals surface area contributed by atoms with Gasteiger partial charge in [0.15, 0.2) is 0 Å². The third-order valence-corrected chi connectivity index (χ3v) is 5.97. The molecule has 5 heteroatoms. The highest BCUT2D eigenvalue weighted by Crippen LogP contribution is 2.43. The van der Waals surface area contributed by atoms with Gasteiger partial charge in [0.1, 0.15) is 0 Å². The van der Waals surface area contributed by atoms with E-state index in [4.69, 9.17) is 4.42 Å². The molecule has 0 amide bonds. The summed E-state index contributed by atoms with van der Waals surface area (Å²) < 4.78 is 8.55. The first-order chi connectivity index (χ1) is 14.4. The van der Waals surface area contributed by atoms with E-state index in [1.165, 1.54) is 22.3 Å². The van der Waals surface area contributed by atoms with Gasteiger partial charge in [-0.15, -0.1) is 0 Å². The van der Waals surface area contributed by atoms with E-state index >= 15 is 0 Å². The zero-order chi connectivity index (χ0) is 21.0. The van der Waals surface area contributed by atoms with Crippen LogP contribution in [0.5, 0.6) is 0 Å². The van der Waals surface area contributed by atoms with Crippen molar-refractivity contribution in [2.75, 3.05) is 4.81 Å². The average molecular weight is 394 g/mol. The van der Waals surface area contributed by atoms with Crippen LogP contribution in [0.2, 0.25) is 6.82 Å². The summed E-state index contributed by atoms with van der Waals surface area (Å²) in [5.74, 6) is 4.26. The van der Waals surface area contributed by atoms with Gasteiger partial charge >= 0.3 is 6.85 Å². The number of fused-ring (bicyclic) bond motifs is 3. The number of aryl methyl sites for hydroxylation is 3. The first-order valence-corrected chi connectivity index (χ1v) is 10.4. The van der Waals surface area contributed by atoms with Gasteiger partial charge in [-0.25, -0.2) is 9.55 Å². The Morgan fingerprint density at radius 1 is 1.03 bits per heavy atom. The fourth-order valence-electron chi connectivity index (χ4n) is 4.57. The normalized spacial score (nSPS) is 13.6. The van der Waals surface area contributed by atoms with Gasteiger partial charge in [0.25, 0.3) is 11.7 Å². The Hall–Kier alpha value is -3.34.